The van der Waals surface area contributed by atoms with Crippen molar-refractivity contribution < 1.29 is 19.1 Å². The summed E-state index contributed by atoms with van der Waals surface area (Å²) in [7, 11) is 4.25. The molecule has 2 aliphatic carbocycles. The first-order valence-electron chi connectivity index (χ1n) is 17.5. The minimum absolute atomic E-state index is 0.0539. The highest BCUT2D eigenvalue weighted by Gasteiger charge is 2.41. The predicted molar refractivity (Wildman–Crippen MR) is 200 cm³/mol. The topological polar surface area (TPSA) is 59.1 Å². The molecule has 250 valence electrons. The van der Waals surface area contributed by atoms with E-state index in [4.69, 9.17) is 9.47 Å². The minimum atomic E-state index is -0.147. The molecule has 6 nitrogen and oxygen atoms in total. The number of carbonyl (C=O) groups excluding carboxylic acids is 2. The standard InChI is InChI=1S/C44H40N2O4/c1-43(2)19-21-45(5)31-17-15-27-37(25-11-7-9-13-33(25)47)29-23-30-36(24-35(29)49-41(27)39(31)43)50-42-28(38(30)26-12-8-10-14-34(26)48)16-18-32-40(42)44(3,4)20-22-46(32)6/h7-18,23-24H,19-22H2,1-6H3. The molecule has 6 heteroatoms. The molecule has 0 saturated carbocycles. The van der Waals surface area contributed by atoms with E-state index in [9.17, 15) is 9.59 Å². The Bertz CT molecular complexity index is 2130. The number of allylic oxidation sites excluding steroid dienone is 10. The molecule has 0 N–H and O–H groups in total. The fourth-order valence-electron chi connectivity index (χ4n) is 8.64. The molecule has 9 rings (SSSR count). The molecular weight excluding hydrogens is 620 g/mol. The van der Waals surface area contributed by atoms with Crippen LogP contribution < -0.4 is 19.3 Å². The smallest absolute Gasteiger partial charge is 0.186 e. The Labute approximate surface area is 293 Å². The number of carbonyl (C=O) groups is 2. The number of fused-ring (bicyclic) bond motifs is 8. The molecule has 4 heterocycles. The lowest BCUT2D eigenvalue weighted by molar-refractivity contribution is -0.111. The van der Waals surface area contributed by atoms with Crippen molar-refractivity contribution in [3.8, 4) is 23.0 Å². The average molecular weight is 661 g/mol. The predicted octanol–water partition coefficient (Wildman–Crippen LogP) is 9.13. The number of hydrogen-bond acceptors (Lipinski definition) is 6. The summed E-state index contributed by atoms with van der Waals surface area (Å²) in [5, 5.41) is 0. The van der Waals surface area contributed by atoms with Gasteiger partial charge in [-0.15, -0.1) is 0 Å². The first kappa shape index (κ1) is 30.7. The molecule has 0 saturated heterocycles. The fourth-order valence-corrected chi connectivity index (χ4v) is 8.64. The summed E-state index contributed by atoms with van der Waals surface area (Å²) in [6, 6.07) is 12.6. The van der Waals surface area contributed by atoms with Gasteiger partial charge in [-0.1, -0.05) is 64.2 Å². The fraction of sp³-hybridized carbons (Fsp3) is 0.273. The number of hydrogen-bond donors (Lipinski definition) is 0. The highest BCUT2D eigenvalue weighted by molar-refractivity contribution is 6.18. The van der Waals surface area contributed by atoms with Crippen LogP contribution in [0.15, 0.2) is 96.2 Å². The number of nitrogens with zero attached hydrogens (tertiary/aromatic N) is 2. The summed E-state index contributed by atoms with van der Waals surface area (Å²) in [5.41, 5.74) is 10.5. The molecule has 50 heavy (non-hydrogen) atoms. The molecule has 4 aliphatic heterocycles. The highest BCUT2D eigenvalue weighted by atomic mass is 16.5. The van der Waals surface area contributed by atoms with Crippen LogP contribution in [0.25, 0.3) is 11.1 Å². The lowest BCUT2D eigenvalue weighted by Crippen LogP contribution is -2.35. The largest absolute Gasteiger partial charge is 0.456 e. The summed E-state index contributed by atoms with van der Waals surface area (Å²) in [5.74, 6) is 2.73. The maximum absolute atomic E-state index is 13.7. The van der Waals surface area contributed by atoms with E-state index in [1.54, 1.807) is 24.3 Å². The lowest BCUT2D eigenvalue weighted by atomic mass is 9.73. The van der Waals surface area contributed by atoms with E-state index in [-0.39, 0.29) is 22.4 Å². The third-order valence-corrected chi connectivity index (χ3v) is 11.5. The number of anilines is 2. The van der Waals surface area contributed by atoms with Gasteiger partial charge in [-0.05, 0) is 66.2 Å². The zero-order valence-electron chi connectivity index (χ0n) is 29.4. The van der Waals surface area contributed by atoms with Gasteiger partial charge in [0, 0.05) is 100 Å². The van der Waals surface area contributed by atoms with Crippen LogP contribution in [0.1, 0.15) is 73.9 Å². The van der Waals surface area contributed by atoms with Crippen LogP contribution >= 0.6 is 0 Å². The van der Waals surface area contributed by atoms with Gasteiger partial charge in [-0.3, -0.25) is 9.59 Å². The molecule has 0 amide bonds. The number of rotatable bonds is 0. The Morgan fingerprint density at radius 3 is 1.40 bits per heavy atom. The van der Waals surface area contributed by atoms with Crippen LogP contribution in [0.5, 0.6) is 23.0 Å². The Kier molecular flexibility index (Phi) is 6.49. The van der Waals surface area contributed by atoms with Crippen molar-refractivity contribution in [2.75, 3.05) is 37.0 Å². The minimum Gasteiger partial charge on any atom is -0.456 e. The lowest BCUT2D eigenvalue weighted by Gasteiger charge is -2.42. The Hall–Kier alpha value is -5.36. The van der Waals surface area contributed by atoms with Gasteiger partial charge < -0.3 is 19.3 Å². The Morgan fingerprint density at radius 2 is 0.980 bits per heavy atom. The van der Waals surface area contributed by atoms with Crippen LogP contribution in [0.2, 0.25) is 0 Å². The van der Waals surface area contributed by atoms with Crippen molar-refractivity contribution >= 4 is 34.1 Å². The van der Waals surface area contributed by atoms with Gasteiger partial charge in [0.05, 0.1) is 0 Å². The van der Waals surface area contributed by atoms with E-state index >= 15 is 0 Å². The van der Waals surface area contributed by atoms with Crippen LogP contribution in [0, 0.1) is 0 Å². The quantitative estimate of drug-likeness (QED) is 0.155. The van der Waals surface area contributed by atoms with Crippen molar-refractivity contribution in [3.63, 3.8) is 0 Å². The van der Waals surface area contributed by atoms with E-state index in [0.29, 0.717) is 22.6 Å². The molecule has 0 fully saturated rings. The van der Waals surface area contributed by atoms with Crippen molar-refractivity contribution in [3.05, 3.63) is 130 Å². The third-order valence-electron chi connectivity index (χ3n) is 11.5. The normalized spacial score (nSPS) is 23.3. The SMILES string of the molecule is CN1CCC(C)(C)c2c1ccc1c2Oc2cc3c(cc2C1=C1C=CC=CC1=O)C(=C1C=CC=CC1=O)c1ccc2c(c1O3)C(C)(C)CCN2C. The maximum atomic E-state index is 13.7. The molecule has 0 unspecified atom stereocenters. The number of benzene rings is 3. The Balaban J connectivity index is 1.35. The van der Waals surface area contributed by atoms with Gasteiger partial charge in [-0.2, -0.15) is 0 Å². The maximum Gasteiger partial charge on any atom is 0.186 e. The molecule has 0 atom stereocenters. The monoisotopic (exact) mass is 660 g/mol. The van der Waals surface area contributed by atoms with Gasteiger partial charge in [0.25, 0.3) is 0 Å². The zero-order valence-corrected chi connectivity index (χ0v) is 29.4. The molecule has 0 aromatic heterocycles. The molecule has 0 radical (unpaired) electrons. The second kappa shape index (κ2) is 10.6. The van der Waals surface area contributed by atoms with Crippen molar-refractivity contribution in [1.29, 1.82) is 0 Å². The van der Waals surface area contributed by atoms with Gasteiger partial charge in [0.15, 0.2) is 11.6 Å². The number of ketones is 2. The van der Waals surface area contributed by atoms with E-state index in [2.05, 4.69) is 81.9 Å². The Morgan fingerprint density at radius 1 is 0.560 bits per heavy atom. The highest BCUT2D eigenvalue weighted by Crippen LogP contribution is 2.59. The van der Waals surface area contributed by atoms with Crippen molar-refractivity contribution in [1.82, 2.24) is 0 Å². The van der Waals surface area contributed by atoms with Crippen molar-refractivity contribution in [2.45, 2.75) is 51.4 Å². The van der Waals surface area contributed by atoms with E-state index in [1.807, 2.05) is 30.4 Å². The van der Waals surface area contributed by atoms with E-state index < -0.39 is 0 Å². The van der Waals surface area contributed by atoms with Gasteiger partial charge in [0.1, 0.15) is 23.0 Å². The van der Waals surface area contributed by atoms with Crippen LogP contribution in [-0.2, 0) is 20.4 Å². The zero-order chi connectivity index (χ0) is 34.7. The molecule has 0 spiro atoms. The summed E-state index contributed by atoms with van der Waals surface area (Å²) in [6.07, 6.45) is 16.4. The molecule has 6 aliphatic rings. The van der Waals surface area contributed by atoms with Crippen LogP contribution in [0.3, 0.4) is 0 Å². The first-order valence-corrected chi connectivity index (χ1v) is 17.5. The second-order valence-corrected chi connectivity index (χ2v) is 15.6. The summed E-state index contributed by atoms with van der Waals surface area (Å²) < 4.78 is 14.1. The molecule has 3 aromatic rings. The summed E-state index contributed by atoms with van der Waals surface area (Å²) in [4.78, 5) is 31.9. The van der Waals surface area contributed by atoms with E-state index in [1.165, 1.54) is 0 Å². The van der Waals surface area contributed by atoms with Crippen LogP contribution in [-0.4, -0.2) is 38.8 Å². The van der Waals surface area contributed by atoms with E-state index in [0.717, 1.165) is 93.3 Å². The average Bonchev–Trinajstić information content (AvgIpc) is 3.09. The number of ether oxygens (including phenoxy) is 2. The summed E-state index contributed by atoms with van der Waals surface area (Å²) in [6.45, 7) is 11.0. The third kappa shape index (κ3) is 4.33. The summed E-state index contributed by atoms with van der Waals surface area (Å²) >= 11 is 0. The van der Waals surface area contributed by atoms with Crippen molar-refractivity contribution in [2.24, 2.45) is 0 Å². The molecule has 0 bridgehead atoms. The second-order valence-electron chi connectivity index (χ2n) is 15.6. The molecule has 3 aromatic carbocycles. The van der Waals surface area contributed by atoms with Gasteiger partial charge in [0.2, 0.25) is 0 Å². The van der Waals surface area contributed by atoms with Gasteiger partial charge >= 0.3 is 0 Å². The molecular formula is C44H40N2O4. The van der Waals surface area contributed by atoms with Crippen LogP contribution in [0.4, 0.5) is 11.4 Å². The van der Waals surface area contributed by atoms with Gasteiger partial charge in [-0.25, -0.2) is 0 Å². The first-order chi connectivity index (χ1) is 23.9.